The van der Waals surface area contributed by atoms with E-state index in [4.69, 9.17) is 22.1 Å². The summed E-state index contributed by atoms with van der Waals surface area (Å²) in [5, 5.41) is 3.11. The average Bonchev–Trinajstić information content (AvgIpc) is 2.43. The molecule has 2 aromatic carbocycles. The van der Waals surface area contributed by atoms with Gasteiger partial charge in [0.15, 0.2) is 0 Å². The Morgan fingerprint density at radius 3 is 2.81 bits per heavy atom. The summed E-state index contributed by atoms with van der Waals surface area (Å²) >= 11 is 5.79. The molecule has 0 radical (unpaired) electrons. The van der Waals surface area contributed by atoms with E-state index in [-0.39, 0.29) is 24.8 Å². The third-order valence-electron chi connectivity index (χ3n) is 2.67. The number of hydrogen-bond donors (Lipinski definition) is 2. The van der Waals surface area contributed by atoms with Gasteiger partial charge in [0.1, 0.15) is 11.6 Å². The lowest BCUT2D eigenvalue weighted by atomic mass is 10.2. The van der Waals surface area contributed by atoms with Crippen molar-refractivity contribution in [3.05, 3.63) is 53.3 Å². The fourth-order valence-corrected chi connectivity index (χ4v) is 1.78. The van der Waals surface area contributed by atoms with Gasteiger partial charge in [-0.3, -0.25) is 4.79 Å². The largest absolute Gasteiger partial charge is 0.493 e. The van der Waals surface area contributed by atoms with Crippen molar-refractivity contribution < 1.29 is 13.9 Å². The number of amides is 1. The van der Waals surface area contributed by atoms with E-state index in [9.17, 15) is 9.18 Å². The van der Waals surface area contributed by atoms with Crippen LogP contribution in [0.2, 0.25) is 5.02 Å². The lowest BCUT2D eigenvalue weighted by Gasteiger charge is -2.08. The summed E-state index contributed by atoms with van der Waals surface area (Å²) in [5.41, 5.74) is 6.60. The first kappa shape index (κ1) is 15.1. The van der Waals surface area contributed by atoms with Crippen molar-refractivity contribution in [3.8, 4) is 5.75 Å². The molecule has 0 saturated carbocycles. The summed E-state index contributed by atoms with van der Waals surface area (Å²) in [5.74, 6) is -0.222. The van der Waals surface area contributed by atoms with E-state index in [0.717, 1.165) is 0 Å². The summed E-state index contributed by atoms with van der Waals surface area (Å²) < 4.78 is 18.2. The minimum absolute atomic E-state index is 0.138. The Morgan fingerprint density at radius 2 is 2.10 bits per heavy atom. The van der Waals surface area contributed by atoms with Gasteiger partial charge in [0.25, 0.3) is 0 Å². The van der Waals surface area contributed by atoms with Crippen molar-refractivity contribution >= 4 is 28.9 Å². The molecule has 0 heterocycles. The maximum absolute atomic E-state index is 12.9. The molecule has 0 bridgehead atoms. The van der Waals surface area contributed by atoms with Gasteiger partial charge in [0.05, 0.1) is 23.7 Å². The molecule has 0 atom stereocenters. The minimum atomic E-state index is -0.381. The highest BCUT2D eigenvalue weighted by molar-refractivity contribution is 6.33. The molecule has 110 valence electrons. The monoisotopic (exact) mass is 308 g/mol. The zero-order valence-electron chi connectivity index (χ0n) is 11.1. The fourth-order valence-electron chi connectivity index (χ4n) is 1.66. The van der Waals surface area contributed by atoms with Crippen LogP contribution < -0.4 is 15.8 Å². The van der Waals surface area contributed by atoms with Crippen molar-refractivity contribution in [2.75, 3.05) is 17.7 Å². The average molecular weight is 309 g/mol. The van der Waals surface area contributed by atoms with E-state index in [1.54, 1.807) is 30.3 Å². The van der Waals surface area contributed by atoms with E-state index in [1.165, 1.54) is 12.1 Å². The standard InChI is InChI=1S/C15H14ClFN2O2/c16-13-5-4-11(9-14(13)18)19-15(20)6-7-21-12-3-1-2-10(17)8-12/h1-5,8-9H,6-7,18H2,(H,19,20). The molecule has 0 aliphatic heterocycles. The van der Waals surface area contributed by atoms with Gasteiger partial charge in [-0.05, 0) is 30.3 Å². The van der Waals surface area contributed by atoms with Crippen LogP contribution in [-0.2, 0) is 4.79 Å². The normalized spacial score (nSPS) is 10.2. The predicted octanol–water partition coefficient (Wildman–Crippen LogP) is 3.47. The van der Waals surface area contributed by atoms with E-state index in [2.05, 4.69) is 5.32 Å². The van der Waals surface area contributed by atoms with Crippen LogP contribution in [-0.4, -0.2) is 12.5 Å². The first-order chi connectivity index (χ1) is 10.0. The zero-order valence-corrected chi connectivity index (χ0v) is 11.9. The molecule has 0 saturated heterocycles. The first-order valence-electron chi connectivity index (χ1n) is 6.28. The third-order valence-corrected chi connectivity index (χ3v) is 3.02. The van der Waals surface area contributed by atoms with Gasteiger partial charge in [0, 0.05) is 11.8 Å². The second-order valence-electron chi connectivity index (χ2n) is 4.34. The smallest absolute Gasteiger partial charge is 0.227 e. The molecule has 0 fully saturated rings. The quantitative estimate of drug-likeness (QED) is 0.831. The Kier molecular flexibility index (Phi) is 5.00. The van der Waals surface area contributed by atoms with Crippen LogP contribution in [0.1, 0.15) is 6.42 Å². The molecule has 0 aliphatic rings. The topological polar surface area (TPSA) is 64.3 Å². The van der Waals surface area contributed by atoms with Crippen LogP contribution in [0.15, 0.2) is 42.5 Å². The van der Waals surface area contributed by atoms with Gasteiger partial charge in [-0.1, -0.05) is 17.7 Å². The van der Waals surface area contributed by atoms with Crippen LogP contribution in [0.3, 0.4) is 0 Å². The first-order valence-corrected chi connectivity index (χ1v) is 6.65. The Labute approximate surface area is 126 Å². The highest BCUT2D eigenvalue weighted by Gasteiger charge is 2.05. The van der Waals surface area contributed by atoms with Gasteiger partial charge in [-0.15, -0.1) is 0 Å². The van der Waals surface area contributed by atoms with Crippen LogP contribution >= 0.6 is 11.6 Å². The highest BCUT2D eigenvalue weighted by Crippen LogP contribution is 2.22. The Hall–Kier alpha value is -2.27. The predicted molar refractivity (Wildman–Crippen MR) is 81.0 cm³/mol. The van der Waals surface area contributed by atoms with Crippen molar-refractivity contribution in [2.45, 2.75) is 6.42 Å². The minimum Gasteiger partial charge on any atom is -0.493 e. The van der Waals surface area contributed by atoms with E-state index >= 15 is 0 Å². The number of hydrogen-bond acceptors (Lipinski definition) is 3. The fraction of sp³-hybridized carbons (Fsp3) is 0.133. The number of carbonyl (C=O) groups excluding carboxylic acids is 1. The molecular formula is C15H14ClFN2O2. The van der Waals surface area contributed by atoms with Gasteiger partial charge < -0.3 is 15.8 Å². The van der Waals surface area contributed by atoms with Crippen molar-refractivity contribution in [1.82, 2.24) is 0 Å². The third kappa shape index (κ3) is 4.65. The summed E-state index contributed by atoms with van der Waals surface area (Å²) in [6, 6.07) is 10.6. The molecule has 0 aliphatic carbocycles. The molecule has 6 heteroatoms. The zero-order chi connectivity index (χ0) is 15.2. The van der Waals surface area contributed by atoms with E-state index < -0.39 is 0 Å². The molecule has 3 N–H and O–H groups in total. The van der Waals surface area contributed by atoms with Gasteiger partial charge in [-0.2, -0.15) is 0 Å². The maximum atomic E-state index is 12.9. The lowest BCUT2D eigenvalue weighted by Crippen LogP contribution is -2.15. The molecule has 1 amide bonds. The van der Waals surface area contributed by atoms with Crippen molar-refractivity contribution in [2.24, 2.45) is 0 Å². The van der Waals surface area contributed by atoms with Gasteiger partial charge >= 0.3 is 0 Å². The van der Waals surface area contributed by atoms with Gasteiger partial charge in [-0.25, -0.2) is 4.39 Å². The van der Waals surface area contributed by atoms with E-state index in [1.807, 2.05) is 0 Å². The number of anilines is 2. The van der Waals surface area contributed by atoms with Crippen LogP contribution in [0, 0.1) is 5.82 Å². The summed E-state index contributed by atoms with van der Waals surface area (Å²) in [7, 11) is 0. The van der Waals surface area contributed by atoms with Crippen LogP contribution in [0.4, 0.5) is 15.8 Å². The molecule has 0 aromatic heterocycles. The van der Waals surface area contributed by atoms with E-state index in [0.29, 0.717) is 22.1 Å². The lowest BCUT2D eigenvalue weighted by molar-refractivity contribution is -0.116. The highest BCUT2D eigenvalue weighted by atomic mass is 35.5. The number of nitrogen functional groups attached to an aromatic ring is 1. The SMILES string of the molecule is Nc1cc(NC(=O)CCOc2cccc(F)c2)ccc1Cl. The molecular weight excluding hydrogens is 295 g/mol. The molecule has 0 spiro atoms. The maximum Gasteiger partial charge on any atom is 0.227 e. The molecule has 2 aromatic rings. The Bertz CT molecular complexity index is 649. The van der Waals surface area contributed by atoms with Crippen molar-refractivity contribution in [3.63, 3.8) is 0 Å². The summed E-state index contributed by atoms with van der Waals surface area (Å²) in [6.45, 7) is 0.151. The summed E-state index contributed by atoms with van der Waals surface area (Å²) in [4.78, 5) is 11.7. The number of carbonyl (C=O) groups is 1. The molecule has 0 unspecified atom stereocenters. The second-order valence-corrected chi connectivity index (χ2v) is 4.75. The number of benzene rings is 2. The number of ether oxygens (including phenoxy) is 1. The molecule has 2 rings (SSSR count). The van der Waals surface area contributed by atoms with Crippen LogP contribution in [0.25, 0.3) is 0 Å². The van der Waals surface area contributed by atoms with Crippen LogP contribution in [0.5, 0.6) is 5.75 Å². The Balaban J connectivity index is 1.81. The van der Waals surface area contributed by atoms with Gasteiger partial charge in [0.2, 0.25) is 5.91 Å². The van der Waals surface area contributed by atoms with Crippen molar-refractivity contribution in [1.29, 1.82) is 0 Å². The number of halogens is 2. The number of nitrogens with two attached hydrogens (primary N) is 1. The molecule has 21 heavy (non-hydrogen) atoms. The summed E-state index contributed by atoms with van der Waals surface area (Å²) in [6.07, 6.45) is 0.138. The Morgan fingerprint density at radius 1 is 1.29 bits per heavy atom. The number of nitrogens with one attached hydrogen (secondary N) is 1. The second kappa shape index (κ2) is 6.95. The molecule has 4 nitrogen and oxygen atoms in total. The number of rotatable bonds is 5.